The lowest BCUT2D eigenvalue weighted by Crippen LogP contribution is -2.27. The molecule has 0 amide bonds. The van der Waals surface area contributed by atoms with E-state index in [0.29, 0.717) is 5.56 Å². The van der Waals surface area contributed by atoms with Crippen LogP contribution in [0.4, 0.5) is 5.82 Å². The Labute approximate surface area is 93.9 Å². The number of hydrogen-bond acceptors (Lipinski definition) is 4. The molecule has 86 valence electrons. The Bertz CT molecular complexity index is 389. The standard InChI is InChI=1S/C11H15N3O2/c12-9(11(15)16)8-4-3-5-13-10(8)14-6-1-2-7-14/h3-5,9H,1-2,6-7,12H2,(H,15,16). The van der Waals surface area contributed by atoms with Crippen LogP contribution in [-0.4, -0.2) is 29.1 Å². The van der Waals surface area contributed by atoms with E-state index >= 15 is 0 Å². The molecule has 1 aliphatic rings. The summed E-state index contributed by atoms with van der Waals surface area (Å²) in [6.45, 7) is 1.85. The van der Waals surface area contributed by atoms with Crippen LogP contribution < -0.4 is 10.6 Å². The van der Waals surface area contributed by atoms with Crippen molar-refractivity contribution in [1.29, 1.82) is 0 Å². The molecule has 0 saturated carbocycles. The summed E-state index contributed by atoms with van der Waals surface area (Å²) in [6.07, 6.45) is 3.92. The fourth-order valence-electron chi connectivity index (χ4n) is 1.98. The number of nitrogens with zero attached hydrogens (tertiary/aromatic N) is 2. The third-order valence-electron chi connectivity index (χ3n) is 2.82. The van der Waals surface area contributed by atoms with Crippen molar-refractivity contribution in [2.75, 3.05) is 18.0 Å². The van der Waals surface area contributed by atoms with Gasteiger partial charge in [0.2, 0.25) is 0 Å². The van der Waals surface area contributed by atoms with Crippen LogP contribution in [0.25, 0.3) is 0 Å². The number of nitrogens with two attached hydrogens (primary N) is 1. The van der Waals surface area contributed by atoms with Crippen molar-refractivity contribution in [3.05, 3.63) is 23.9 Å². The van der Waals surface area contributed by atoms with Gasteiger partial charge in [0.15, 0.2) is 0 Å². The molecule has 3 N–H and O–H groups in total. The first-order chi connectivity index (χ1) is 7.70. The van der Waals surface area contributed by atoms with Crippen LogP contribution in [0.15, 0.2) is 18.3 Å². The maximum atomic E-state index is 10.9. The minimum Gasteiger partial charge on any atom is -0.480 e. The zero-order valence-electron chi connectivity index (χ0n) is 8.97. The smallest absolute Gasteiger partial charge is 0.325 e. The molecule has 1 aliphatic heterocycles. The second-order valence-corrected chi connectivity index (χ2v) is 3.93. The van der Waals surface area contributed by atoms with Gasteiger partial charge < -0.3 is 15.7 Å². The molecule has 5 heteroatoms. The number of anilines is 1. The predicted molar refractivity (Wildman–Crippen MR) is 60.2 cm³/mol. The second-order valence-electron chi connectivity index (χ2n) is 3.93. The van der Waals surface area contributed by atoms with E-state index in [-0.39, 0.29) is 0 Å². The summed E-state index contributed by atoms with van der Waals surface area (Å²) in [4.78, 5) is 17.2. The van der Waals surface area contributed by atoms with Crippen LogP contribution in [0.2, 0.25) is 0 Å². The van der Waals surface area contributed by atoms with Gasteiger partial charge in [0, 0.05) is 24.8 Å². The molecule has 0 radical (unpaired) electrons. The zero-order chi connectivity index (χ0) is 11.5. The number of aromatic nitrogens is 1. The van der Waals surface area contributed by atoms with Gasteiger partial charge in [-0.15, -0.1) is 0 Å². The van der Waals surface area contributed by atoms with Gasteiger partial charge >= 0.3 is 5.97 Å². The average molecular weight is 221 g/mol. The van der Waals surface area contributed by atoms with E-state index < -0.39 is 12.0 Å². The molecule has 1 aromatic heterocycles. The summed E-state index contributed by atoms with van der Waals surface area (Å²) in [5.74, 6) is -0.302. The average Bonchev–Trinajstić information content (AvgIpc) is 2.81. The molecule has 0 aliphatic carbocycles. The van der Waals surface area contributed by atoms with Crippen molar-refractivity contribution in [1.82, 2.24) is 4.98 Å². The topological polar surface area (TPSA) is 79.5 Å². The highest BCUT2D eigenvalue weighted by atomic mass is 16.4. The Morgan fingerprint density at radius 1 is 1.50 bits per heavy atom. The third-order valence-corrected chi connectivity index (χ3v) is 2.82. The normalized spacial score (nSPS) is 17.4. The van der Waals surface area contributed by atoms with Crippen molar-refractivity contribution in [2.45, 2.75) is 18.9 Å². The Hall–Kier alpha value is -1.62. The molecular weight excluding hydrogens is 206 g/mol. The van der Waals surface area contributed by atoms with Gasteiger partial charge in [0.05, 0.1) is 0 Å². The second kappa shape index (κ2) is 4.49. The summed E-state index contributed by atoms with van der Waals surface area (Å²) >= 11 is 0. The van der Waals surface area contributed by atoms with Crippen LogP contribution in [0.5, 0.6) is 0 Å². The predicted octanol–water partition coefficient (Wildman–Crippen LogP) is 0.766. The van der Waals surface area contributed by atoms with E-state index in [1.807, 2.05) is 0 Å². The lowest BCUT2D eigenvalue weighted by atomic mass is 10.1. The highest BCUT2D eigenvalue weighted by Gasteiger charge is 2.23. The molecule has 2 heterocycles. The minimum atomic E-state index is -1.02. The molecule has 1 aromatic rings. The summed E-state index contributed by atoms with van der Waals surface area (Å²) in [5, 5.41) is 8.93. The molecule has 5 nitrogen and oxygen atoms in total. The van der Waals surface area contributed by atoms with Crippen LogP contribution in [0.1, 0.15) is 24.4 Å². The number of carboxylic acids is 1. The van der Waals surface area contributed by atoms with Crippen LogP contribution >= 0.6 is 0 Å². The Morgan fingerprint density at radius 3 is 2.81 bits per heavy atom. The monoisotopic (exact) mass is 221 g/mol. The van der Waals surface area contributed by atoms with Gasteiger partial charge in [-0.25, -0.2) is 4.98 Å². The van der Waals surface area contributed by atoms with E-state index in [1.54, 1.807) is 18.3 Å². The molecule has 1 atom stereocenters. The Balaban J connectivity index is 2.33. The molecule has 0 spiro atoms. The molecular formula is C11H15N3O2. The molecule has 1 saturated heterocycles. The fraction of sp³-hybridized carbons (Fsp3) is 0.455. The number of carboxylic acid groups (broad SMARTS) is 1. The van der Waals surface area contributed by atoms with Crippen LogP contribution in [-0.2, 0) is 4.79 Å². The Kier molecular flexibility index (Phi) is 3.05. The quantitative estimate of drug-likeness (QED) is 0.788. The number of aliphatic carboxylic acids is 1. The number of rotatable bonds is 3. The van der Waals surface area contributed by atoms with Gasteiger partial charge in [-0.2, -0.15) is 0 Å². The van der Waals surface area contributed by atoms with Gasteiger partial charge in [-0.1, -0.05) is 6.07 Å². The Morgan fingerprint density at radius 2 is 2.19 bits per heavy atom. The van der Waals surface area contributed by atoms with Crippen molar-refractivity contribution in [3.63, 3.8) is 0 Å². The molecule has 2 rings (SSSR count). The van der Waals surface area contributed by atoms with E-state index in [1.165, 1.54) is 0 Å². The number of carbonyl (C=O) groups is 1. The van der Waals surface area contributed by atoms with Crippen LogP contribution in [0.3, 0.4) is 0 Å². The fourth-order valence-corrected chi connectivity index (χ4v) is 1.98. The lowest BCUT2D eigenvalue weighted by Gasteiger charge is -2.21. The lowest BCUT2D eigenvalue weighted by molar-refractivity contribution is -0.138. The van der Waals surface area contributed by atoms with Gasteiger partial charge in [-0.05, 0) is 18.9 Å². The largest absolute Gasteiger partial charge is 0.480 e. The first-order valence-electron chi connectivity index (χ1n) is 5.38. The summed E-state index contributed by atoms with van der Waals surface area (Å²) in [7, 11) is 0. The summed E-state index contributed by atoms with van der Waals surface area (Å²) < 4.78 is 0. The van der Waals surface area contributed by atoms with Gasteiger partial charge in [-0.3, -0.25) is 4.79 Å². The highest BCUT2D eigenvalue weighted by Crippen LogP contribution is 2.25. The molecule has 1 fully saturated rings. The van der Waals surface area contributed by atoms with Crippen molar-refractivity contribution >= 4 is 11.8 Å². The molecule has 0 aromatic carbocycles. The van der Waals surface area contributed by atoms with Crippen molar-refractivity contribution in [3.8, 4) is 0 Å². The third kappa shape index (κ3) is 1.99. The first kappa shape index (κ1) is 10.9. The van der Waals surface area contributed by atoms with E-state index in [4.69, 9.17) is 10.8 Å². The van der Waals surface area contributed by atoms with E-state index in [0.717, 1.165) is 31.7 Å². The van der Waals surface area contributed by atoms with Gasteiger partial charge in [0.25, 0.3) is 0 Å². The summed E-state index contributed by atoms with van der Waals surface area (Å²) in [6, 6.07) is 2.46. The molecule has 0 bridgehead atoms. The SMILES string of the molecule is NC(C(=O)O)c1cccnc1N1CCCC1. The zero-order valence-corrected chi connectivity index (χ0v) is 8.97. The number of pyridine rings is 1. The minimum absolute atomic E-state index is 0.594. The van der Waals surface area contributed by atoms with Crippen molar-refractivity contribution in [2.24, 2.45) is 5.73 Å². The molecule has 1 unspecified atom stereocenters. The first-order valence-corrected chi connectivity index (χ1v) is 5.38. The van der Waals surface area contributed by atoms with Crippen molar-refractivity contribution < 1.29 is 9.90 Å². The summed E-state index contributed by atoms with van der Waals surface area (Å²) in [5.41, 5.74) is 6.23. The van der Waals surface area contributed by atoms with E-state index in [2.05, 4.69) is 9.88 Å². The van der Waals surface area contributed by atoms with Gasteiger partial charge in [0.1, 0.15) is 11.9 Å². The molecule has 16 heavy (non-hydrogen) atoms. The number of hydrogen-bond donors (Lipinski definition) is 2. The van der Waals surface area contributed by atoms with E-state index in [9.17, 15) is 4.79 Å². The maximum absolute atomic E-state index is 10.9. The highest BCUT2D eigenvalue weighted by molar-refractivity contribution is 5.77. The maximum Gasteiger partial charge on any atom is 0.325 e. The van der Waals surface area contributed by atoms with Crippen LogP contribution in [0, 0.1) is 0 Å².